The Kier molecular flexibility index (Phi) is 2.52. The Morgan fingerprint density at radius 2 is 2.00 bits per heavy atom. The fraction of sp³-hybridized carbons (Fsp3) is 0.143. The largest absolute Gasteiger partial charge is 0.376 e. The Bertz CT molecular complexity index is 568. The van der Waals surface area contributed by atoms with Gasteiger partial charge < -0.3 is 5.32 Å². The number of rotatable bonds is 1. The number of benzene rings is 2. The second-order valence-electron chi connectivity index (χ2n) is 4.23. The van der Waals surface area contributed by atoms with Crippen LogP contribution in [0, 0.1) is 5.82 Å². The highest BCUT2D eigenvalue weighted by molar-refractivity contribution is 6.33. The Morgan fingerprint density at radius 3 is 2.76 bits per heavy atom. The van der Waals surface area contributed by atoms with Gasteiger partial charge >= 0.3 is 0 Å². The predicted molar refractivity (Wildman–Crippen MR) is 67.9 cm³/mol. The van der Waals surface area contributed by atoms with Crippen molar-refractivity contribution >= 4 is 17.3 Å². The molecule has 1 aliphatic heterocycles. The van der Waals surface area contributed by atoms with Crippen LogP contribution < -0.4 is 5.32 Å². The number of hydrogen-bond donors (Lipinski definition) is 1. The van der Waals surface area contributed by atoms with Crippen LogP contribution in [-0.4, -0.2) is 0 Å². The summed E-state index contributed by atoms with van der Waals surface area (Å²) in [4.78, 5) is 0. The summed E-state index contributed by atoms with van der Waals surface area (Å²) in [5, 5.41) is 4.07. The van der Waals surface area contributed by atoms with Crippen LogP contribution >= 0.6 is 11.6 Å². The minimum Gasteiger partial charge on any atom is -0.376 e. The normalized spacial score (nSPS) is 17.6. The second kappa shape index (κ2) is 4.04. The highest BCUT2D eigenvalue weighted by atomic mass is 35.5. The van der Waals surface area contributed by atoms with Crippen molar-refractivity contribution in [2.75, 3.05) is 5.32 Å². The zero-order valence-corrected chi connectivity index (χ0v) is 9.84. The van der Waals surface area contributed by atoms with Gasteiger partial charge in [0.2, 0.25) is 0 Å². The molecule has 3 heteroatoms. The van der Waals surface area contributed by atoms with E-state index >= 15 is 0 Å². The van der Waals surface area contributed by atoms with Crippen LogP contribution in [0.3, 0.4) is 0 Å². The fourth-order valence-corrected chi connectivity index (χ4v) is 2.52. The lowest BCUT2D eigenvalue weighted by Crippen LogP contribution is -2.05. The summed E-state index contributed by atoms with van der Waals surface area (Å²) >= 11 is 6.12. The summed E-state index contributed by atoms with van der Waals surface area (Å²) in [6, 6.07) is 12.7. The molecule has 17 heavy (non-hydrogen) atoms. The molecule has 0 spiro atoms. The quantitative estimate of drug-likeness (QED) is 0.797. The van der Waals surface area contributed by atoms with Gasteiger partial charge in [0, 0.05) is 0 Å². The second-order valence-corrected chi connectivity index (χ2v) is 4.64. The summed E-state index contributed by atoms with van der Waals surface area (Å²) in [5.41, 5.74) is 3.12. The molecular weight excluding hydrogens is 237 g/mol. The molecule has 0 saturated carbocycles. The van der Waals surface area contributed by atoms with Gasteiger partial charge in [-0.05, 0) is 35.7 Å². The third kappa shape index (κ3) is 1.89. The summed E-state index contributed by atoms with van der Waals surface area (Å²) < 4.78 is 13.2. The van der Waals surface area contributed by atoms with Gasteiger partial charge in [0.25, 0.3) is 0 Å². The zero-order valence-electron chi connectivity index (χ0n) is 9.08. The van der Waals surface area contributed by atoms with Crippen molar-refractivity contribution in [1.29, 1.82) is 0 Å². The molecule has 1 unspecified atom stereocenters. The van der Waals surface area contributed by atoms with Gasteiger partial charge in [-0.15, -0.1) is 0 Å². The van der Waals surface area contributed by atoms with E-state index in [0.717, 1.165) is 22.7 Å². The van der Waals surface area contributed by atoms with E-state index in [0.29, 0.717) is 0 Å². The maximum atomic E-state index is 13.2. The molecule has 3 rings (SSSR count). The van der Waals surface area contributed by atoms with Gasteiger partial charge in [0.15, 0.2) is 0 Å². The summed E-state index contributed by atoms with van der Waals surface area (Å²) in [7, 11) is 0. The van der Waals surface area contributed by atoms with Crippen LogP contribution in [0.25, 0.3) is 0 Å². The lowest BCUT2D eigenvalue weighted by atomic mass is 10.0. The topological polar surface area (TPSA) is 12.0 Å². The zero-order chi connectivity index (χ0) is 11.8. The molecule has 1 heterocycles. The standard InChI is InChI=1S/C14H11ClFN/c15-12-6-2-4-10-8-13(17-14(10)12)9-3-1-5-11(16)7-9/h1-7,13,17H,8H2. The molecule has 0 bridgehead atoms. The molecule has 0 aromatic heterocycles. The van der Waals surface area contributed by atoms with E-state index in [2.05, 4.69) is 5.32 Å². The van der Waals surface area contributed by atoms with E-state index in [1.165, 1.54) is 11.6 Å². The number of fused-ring (bicyclic) bond motifs is 1. The molecular formula is C14H11ClFN. The van der Waals surface area contributed by atoms with Crippen LogP contribution in [0.15, 0.2) is 42.5 Å². The Balaban J connectivity index is 1.94. The van der Waals surface area contributed by atoms with Gasteiger partial charge in [-0.3, -0.25) is 0 Å². The van der Waals surface area contributed by atoms with Crippen molar-refractivity contribution in [3.63, 3.8) is 0 Å². The molecule has 2 aromatic rings. The molecule has 0 fully saturated rings. The van der Waals surface area contributed by atoms with Crippen LogP contribution in [0.4, 0.5) is 10.1 Å². The van der Waals surface area contributed by atoms with E-state index in [4.69, 9.17) is 11.6 Å². The van der Waals surface area contributed by atoms with Crippen LogP contribution in [0.5, 0.6) is 0 Å². The number of hydrogen-bond acceptors (Lipinski definition) is 1. The smallest absolute Gasteiger partial charge is 0.123 e. The lowest BCUT2D eigenvalue weighted by molar-refractivity contribution is 0.623. The van der Waals surface area contributed by atoms with Crippen molar-refractivity contribution in [2.45, 2.75) is 12.5 Å². The highest BCUT2D eigenvalue weighted by Gasteiger charge is 2.23. The van der Waals surface area contributed by atoms with Crippen molar-refractivity contribution < 1.29 is 4.39 Å². The van der Waals surface area contributed by atoms with Crippen LogP contribution in [-0.2, 0) is 6.42 Å². The van der Waals surface area contributed by atoms with Gasteiger partial charge in [0.05, 0.1) is 16.8 Å². The SMILES string of the molecule is Fc1cccc(C2Cc3cccc(Cl)c3N2)c1. The van der Waals surface area contributed by atoms with Crippen molar-refractivity contribution in [3.05, 3.63) is 64.4 Å². The molecule has 1 atom stereocenters. The first-order valence-electron chi connectivity index (χ1n) is 5.53. The van der Waals surface area contributed by atoms with Gasteiger partial charge in [-0.25, -0.2) is 4.39 Å². The summed E-state index contributed by atoms with van der Waals surface area (Å²) in [5.74, 6) is -0.202. The van der Waals surface area contributed by atoms with E-state index in [-0.39, 0.29) is 11.9 Å². The molecule has 0 saturated heterocycles. The average Bonchev–Trinajstić information content (AvgIpc) is 2.74. The van der Waals surface area contributed by atoms with Crippen LogP contribution in [0.2, 0.25) is 5.02 Å². The maximum Gasteiger partial charge on any atom is 0.123 e. The highest BCUT2D eigenvalue weighted by Crippen LogP contribution is 2.38. The number of para-hydroxylation sites is 1. The van der Waals surface area contributed by atoms with Gasteiger partial charge in [-0.1, -0.05) is 35.9 Å². The van der Waals surface area contributed by atoms with Crippen molar-refractivity contribution in [2.24, 2.45) is 0 Å². The number of nitrogens with one attached hydrogen (secondary N) is 1. The van der Waals surface area contributed by atoms with Crippen molar-refractivity contribution in [3.8, 4) is 0 Å². The molecule has 1 nitrogen and oxygen atoms in total. The number of anilines is 1. The Morgan fingerprint density at radius 1 is 1.18 bits per heavy atom. The molecule has 1 N–H and O–H groups in total. The fourth-order valence-electron chi connectivity index (χ4n) is 2.27. The minimum atomic E-state index is -0.202. The van der Waals surface area contributed by atoms with Gasteiger partial charge in [0.1, 0.15) is 5.82 Å². The van der Waals surface area contributed by atoms with E-state index < -0.39 is 0 Å². The molecule has 0 amide bonds. The average molecular weight is 248 g/mol. The number of halogens is 2. The molecule has 0 aliphatic carbocycles. The Labute approximate surface area is 104 Å². The van der Waals surface area contributed by atoms with Gasteiger partial charge in [-0.2, -0.15) is 0 Å². The summed E-state index contributed by atoms with van der Waals surface area (Å²) in [6.45, 7) is 0. The molecule has 1 aliphatic rings. The summed E-state index contributed by atoms with van der Waals surface area (Å²) in [6.07, 6.45) is 0.847. The van der Waals surface area contributed by atoms with E-state index in [9.17, 15) is 4.39 Å². The first-order valence-corrected chi connectivity index (χ1v) is 5.91. The first kappa shape index (κ1) is 10.6. The predicted octanol–water partition coefficient (Wildman–Crippen LogP) is 4.19. The minimum absolute atomic E-state index is 0.112. The van der Waals surface area contributed by atoms with Crippen LogP contribution in [0.1, 0.15) is 17.2 Å². The van der Waals surface area contributed by atoms with E-state index in [1.54, 1.807) is 12.1 Å². The molecule has 2 aromatic carbocycles. The molecule has 0 radical (unpaired) electrons. The lowest BCUT2D eigenvalue weighted by Gasteiger charge is -2.11. The molecule has 86 valence electrons. The third-order valence-corrected chi connectivity index (χ3v) is 3.41. The van der Waals surface area contributed by atoms with E-state index in [1.807, 2.05) is 24.3 Å². The Hall–Kier alpha value is -1.54. The monoisotopic (exact) mass is 247 g/mol. The third-order valence-electron chi connectivity index (χ3n) is 3.09. The maximum absolute atomic E-state index is 13.2. The first-order chi connectivity index (χ1) is 8.24. The van der Waals surface area contributed by atoms with Crippen molar-refractivity contribution in [1.82, 2.24) is 0 Å².